The fourth-order valence-corrected chi connectivity index (χ4v) is 2.88. The van der Waals surface area contributed by atoms with Crippen LogP contribution in [0.5, 0.6) is 11.5 Å². The molecule has 0 aliphatic carbocycles. The van der Waals surface area contributed by atoms with E-state index in [1.165, 1.54) is 0 Å². The summed E-state index contributed by atoms with van der Waals surface area (Å²) in [6.45, 7) is 0. The number of rotatable bonds is 5. The first kappa shape index (κ1) is 16.1. The number of benzene rings is 2. The standard InChI is InChI=1S/C16H17BrClNO2/c1-19-16(12-8-10(17)4-6-14(12)18)13-9-11(20-2)5-7-15(13)21-3/h4-9,16,19H,1-3H3. The average Bonchev–Trinajstić information content (AvgIpc) is 2.51. The highest BCUT2D eigenvalue weighted by atomic mass is 79.9. The van der Waals surface area contributed by atoms with Crippen LogP contribution in [0.3, 0.4) is 0 Å². The van der Waals surface area contributed by atoms with E-state index in [-0.39, 0.29) is 6.04 Å². The van der Waals surface area contributed by atoms with Crippen molar-refractivity contribution in [2.45, 2.75) is 6.04 Å². The van der Waals surface area contributed by atoms with Gasteiger partial charge in [-0.05, 0) is 49.0 Å². The fourth-order valence-electron chi connectivity index (χ4n) is 2.28. The van der Waals surface area contributed by atoms with E-state index in [9.17, 15) is 0 Å². The average molecular weight is 371 g/mol. The summed E-state index contributed by atoms with van der Waals surface area (Å²) < 4.78 is 11.8. The molecule has 112 valence electrons. The van der Waals surface area contributed by atoms with Crippen molar-refractivity contribution in [3.05, 3.63) is 57.0 Å². The van der Waals surface area contributed by atoms with Crippen molar-refractivity contribution in [1.82, 2.24) is 5.32 Å². The molecule has 1 unspecified atom stereocenters. The molecule has 0 fully saturated rings. The topological polar surface area (TPSA) is 30.5 Å². The molecule has 0 aliphatic heterocycles. The molecule has 0 saturated heterocycles. The number of nitrogens with one attached hydrogen (secondary N) is 1. The lowest BCUT2D eigenvalue weighted by molar-refractivity contribution is 0.395. The highest BCUT2D eigenvalue weighted by Gasteiger charge is 2.20. The van der Waals surface area contributed by atoms with Crippen molar-refractivity contribution in [3.63, 3.8) is 0 Å². The van der Waals surface area contributed by atoms with Gasteiger partial charge in [0.2, 0.25) is 0 Å². The summed E-state index contributed by atoms with van der Waals surface area (Å²) in [5, 5.41) is 3.98. The van der Waals surface area contributed by atoms with Crippen molar-refractivity contribution in [2.24, 2.45) is 0 Å². The van der Waals surface area contributed by atoms with E-state index in [1.54, 1.807) is 14.2 Å². The summed E-state index contributed by atoms with van der Waals surface area (Å²) in [6, 6.07) is 11.4. The Balaban J connectivity index is 2.57. The molecule has 1 N–H and O–H groups in total. The Labute approximate surface area is 138 Å². The zero-order valence-electron chi connectivity index (χ0n) is 12.1. The predicted molar refractivity (Wildman–Crippen MR) is 89.6 cm³/mol. The normalized spacial score (nSPS) is 12.0. The summed E-state index contributed by atoms with van der Waals surface area (Å²) in [7, 11) is 5.19. The van der Waals surface area contributed by atoms with Gasteiger partial charge < -0.3 is 14.8 Å². The summed E-state index contributed by atoms with van der Waals surface area (Å²) >= 11 is 9.84. The molecule has 2 aromatic rings. The summed E-state index contributed by atoms with van der Waals surface area (Å²) in [4.78, 5) is 0. The second-order valence-electron chi connectivity index (χ2n) is 4.50. The minimum absolute atomic E-state index is 0.0972. The van der Waals surface area contributed by atoms with Crippen molar-refractivity contribution in [1.29, 1.82) is 0 Å². The quantitative estimate of drug-likeness (QED) is 0.844. The van der Waals surface area contributed by atoms with E-state index in [4.69, 9.17) is 21.1 Å². The van der Waals surface area contributed by atoms with Crippen LogP contribution in [0, 0.1) is 0 Å². The molecule has 5 heteroatoms. The van der Waals surface area contributed by atoms with Crippen LogP contribution in [0.15, 0.2) is 40.9 Å². The van der Waals surface area contributed by atoms with Gasteiger partial charge in [0.05, 0.1) is 20.3 Å². The molecule has 0 heterocycles. The van der Waals surface area contributed by atoms with E-state index in [0.29, 0.717) is 5.02 Å². The van der Waals surface area contributed by atoms with Crippen LogP contribution in [0.25, 0.3) is 0 Å². The Hall–Kier alpha value is -1.23. The lowest BCUT2D eigenvalue weighted by Gasteiger charge is -2.22. The molecule has 0 aromatic heterocycles. The van der Waals surface area contributed by atoms with Gasteiger partial charge in [0, 0.05) is 15.1 Å². The van der Waals surface area contributed by atoms with Crippen LogP contribution in [0.4, 0.5) is 0 Å². The van der Waals surface area contributed by atoms with Crippen LogP contribution in [0.1, 0.15) is 17.2 Å². The number of hydrogen-bond donors (Lipinski definition) is 1. The maximum absolute atomic E-state index is 6.36. The van der Waals surface area contributed by atoms with Gasteiger partial charge in [-0.25, -0.2) is 0 Å². The Bertz CT molecular complexity index is 634. The van der Waals surface area contributed by atoms with Crippen molar-refractivity contribution in [2.75, 3.05) is 21.3 Å². The maximum atomic E-state index is 6.36. The Morgan fingerprint density at radius 1 is 1.05 bits per heavy atom. The highest BCUT2D eigenvalue weighted by molar-refractivity contribution is 9.10. The molecule has 21 heavy (non-hydrogen) atoms. The number of hydrogen-bond acceptors (Lipinski definition) is 3. The lowest BCUT2D eigenvalue weighted by Crippen LogP contribution is -2.19. The first-order chi connectivity index (χ1) is 10.1. The third kappa shape index (κ3) is 3.51. The molecule has 0 saturated carbocycles. The van der Waals surface area contributed by atoms with Crippen LogP contribution in [-0.2, 0) is 0 Å². The summed E-state index contributed by atoms with van der Waals surface area (Å²) in [5.41, 5.74) is 1.94. The zero-order chi connectivity index (χ0) is 15.4. The Kier molecular flexibility index (Phi) is 5.51. The Morgan fingerprint density at radius 3 is 2.43 bits per heavy atom. The number of ether oxygens (including phenoxy) is 2. The highest BCUT2D eigenvalue weighted by Crippen LogP contribution is 2.36. The molecule has 0 spiro atoms. The molecule has 2 rings (SSSR count). The first-order valence-electron chi connectivity index (χ1n) is 6.44. The van der Waals surface area contributed by atoms with E-state index in [1.807, 2.05) is 43.4 Å². The molecule has 0 amide bonds. The number of methoxy groups -OCH3 is 2. The minimum Gasteiger partial charge on any atom is -0.497 e. The van der Waals surface area contributed by atoms with Gasteiger partial charge in [0.15, 0.2) is 0 Å². The summed E-state index contributed by atoms with van der Waals surface area (Å²) in [6.07, 6.45) is 0. The van der Waals surface area contributed by atoms with Crippen LogP contribution >= 0.6 is 27.5 Å². The third-order valence-electron chi connectivity index (χ3n) is 3.31. The van der Waals surface area contributed by atoms with Gasteiger partial charge in [-0.3, -0.25) is 0 Å². The van der Waals surface area contributed by atoms with E-state index < -0.39 is 0 Å². The van der Waals surface area contributed by atoms with Crippen LogP contribution in [-0.4, -0.2) is 21.3 Å². The van der Waals surface area contributed by atoms with E-state index in [2.05, 4.69) is 21.2 Å². The van der Waals surface area contributed by atoms with Crippen LogP contribution in [0.2, 0.25) is 5.02 Å². The number of halogens is 2. The largest absolute Gasteiger partial charge is 0.497 e. The SMILES string of the molecule is CNC(c1cc(Br)ccc1Cl)c1cc(OC)ccc1OC. The zero-order valence-corrected chi connectivity index (χ0v) is 14.5. The molecule has 0 radical (unpaired) electrons. The van der Waals surface area contributed by atoms with Crippen molar-refractivity contribution in [3.8, 4) is 11.5 Å². The minimum atomic E-state index is -0.0972. The molecule has 0 aliphatic rings. The van der Waals surface area contributed by atoms with Gasteiger partial charge in [-0.1, -0.05) is 27.5 Å². The first-order valence-corrected chi connectivity index (χ1v) is 7.62. The van der Waals surface area contributed by atoms with Crippen molar-refractivity contribution >= 4 is 27.5 Å². The smallest absolute Gasteiger partial charge is 0.124 e. The lowest BCUT2D eigenvalue weighted by atomic mass is 9.97. The molecular weight excluding hydrogens is 354 g/mol. The van der Waals surface area contributed by atoms with Gasteiger partial charge in [0.25, 0.3) is 0 Å². The molecule has 0 bridgehead atoms. The fraction of sp³-hybridized carbons (Fsp3) is 0.250. The van der Waals surface area contributed by atoms with E-state index >= 15 is 0 Å². The molecule has 3 nitrogen and oxygen atoms in total. The predicted octanol–water partition coefficient (Wildman–Crippen LogP) is 4.43. The summed E-state index contributed by atoms with van der Waals surface area (Å²) in [5.74, 6) is 1.56. The van der Waals surface area contributed by atoms with Gasteiger partial charge >= 0.3 is 0 Å². The maximum Gasteiger partial charge on any atom is 0.124 e. The van der Waals surface area contributed by atoms with Gasteiger partial charge in [0.1, 0.15) is 11.5 Å². The second kappa shape index (κ2) is 7.16. The molecule has 1 atom stereocenters. The van der Waals surface area contributed by atoms with Gasteiger partial charge in [-0.2, -0.15) is 0 Å². The Morgan fingerprint density at radius 2 is 1.81 bits per heavy atom. The van der Waals surface area contributed by atoms with Crippen LogP contribution < -0.4 is 14.8 Å². The van der Waals surface area contributed by atoms with Crippen molar-refractivity contribution < 1.29 is 9.47 Å². The second-order valence-corrected chi connectivity index (χ2v) is 5.82. The molecular formula is C16H17BrClNO2. The van der Waals surface area contributed by atoms with E-state index in [0.717, 1.165) is 27.1 Å². The molecule has 2 aromatic carbocycles. The third-order valence-corrected chi connectivity index (χ3v) is 4.14. The monoisotopic (exact) mass is 369 g/mol. The van der Waals surface area contributed by atoms with Gasteiger partial charge in [-0.15, -0.1) is 0 Å².